The summed E-state index contributed by atoms with van der Waals surface area (Å²) in [6, 6.07) is 6.11. The molecule has 0 bridgehead atoms. The van der Waals surface area contributed by atoms with E-state index in [4.69, 9.17) is 12.2 Å². The van der Waals surface area contributed by atoms with Gasteiger partial charge < -0.3 is 0 Å². The third-order valence-corrected chi connectivity index (χ3v) is 3.50. The van der Waals surface area contributed by atoms with Gasteiger partial charge in [0.15, 0.2) is 0 Å². The summed E-state index contributed by atoms with van der Waals surface area (Å²) in [5.41, 5.74) is 2.24. The summed E-state index contributed by atoms with van der Waals surface area (Å²) in [5.74, 6) is 0.645. The molecule has 0 saturated carbocycles. The zero-order valence-corrected chi connectivity index (χ0v) is 11.4. The quantitative estimate of drug-likeness (QED) is 0.754. The Labute approximate surface area is 112 Å². The van der Waals surface area contributed by atoms with Crippen molar-refractivity contribution in [1.82, 2.24) is 20.2 Å². The van der Waals surface area contributed by atoms with E-state index in [0.29, 0.717) is 5.95 Å². The van der Waals surface area contributed by atoms with Crippen molar-refractivity contribution in [1.29, 1.82) is 0 Å². The van der Waals surface area contributed by atoms with Gasteiger partial charge in [0.2, 0.25) is 0 Å². The zero-order valence-electron chi connectivity index (χ0n) is 8.96. The summed E-state index contributed by atoms with van der Waals surface area (Å²) in [6.07, 6.45) is 0.755. The normalized spacial score (nSPS) is 14.2. The van der Waals surface area contributed by atoms with Gasteiger partial charge >= 0.3 is 0 Å². The van der Waals surface area contributed by atoms with Crippen LogP contribution in [0.4, 0.5) is 11.6 Å². The number of thiocarbonyl (C=S) groups is 1. The minimum Gasteiger partial charge on any atom is -0.271 e. The van der Waals surface area contributed by atoms with Crippen molar-refractivity contribution >= 4 is 44.8 Å². The van der Waals surface area contributed by atoms with Gasteiger partial charge in [-0.3, -0.25) is 4.90 Å². The van der Waals surface area contributed by atoms with Gasteiger partial charge in [-0.05, 0) is 28.1 Å². The Bertz CT molecular complexity index is 608. The van der Waals surface area contributed by atoms with Crippen molar-refractivity contribution in [3.05, 3.63) is 28.2 Å². The highest BCUT2D eigenvalue weighted by Gasteiger charge is 2.28. The lowest BCUT2D eigenvalue weighted by molar-refractivity contribution is 0.712. The number of fused-ring (bicyclic) bond motifs is 1. The van der Waals surface area contributed by atoms with E-state index in [9.17, 15) is 0 Å². The molecule has 0 N–H and O–H groups in total. The number of rotatable bonds is 1. The third kappa shape index (κ3) is 1.66. The van der Waals surface area contributed by atoms with E-state index in [1.807, 2.05) is 17.0 Å². The summed E-state index contributed by atoms with van der Waals surface area (Å²) in [4.78, 5) is 2.73. The van der Waals surface area contributed by atoms with E-state index in [2.05, 4.69) is 37.5 Å². The average molecular weight is 310 g/mol. The van der Waals surface area contributed by atoms with Gasteiger partial charge in [0.05, 0.1) is 10.7 Å². The van der Waals surface area contributed by atoms with Crippen molar-refractivity contribution < 1.29 is 0 Å². The molecule has 0 spiro atoms. The fourth-order valence-corrected chi connectivity index (χ4v) is 2.59. The molecule has 0 aliphatic carbocycles. The molecule has 7 heteroatoms. The maximum atomic E-state index is 5.40. The minimum absolute atomic E-state index is 0.645. The molecular weight excluding hydrogens is 302 g/mol. The molecule has 1 aliphatic rings. The number of aromatic nitrogens is 4. The van der Waals surface area contributed by atoms with Gasteiger partial charge in [0.1, 0.15) is 0 Å². The second-order valence-corrected chi connectivity index (χ2v) is 5.17. The average Bonchev–Trinajstić information content (AvgIpc) is 2.81. The van der Waals surface area contributed by atoms with Crippen LogP contribution in [-0.4, -0.2) is 25.2 Å². The molecule has 1 aromatic carbocycles. The summed E-state index contributed by atoms with van der Waals surface area (Å²) < 4.78 is 2.63. The number of benzene rings is 1. The first-order valence-electron chi connectivity index (χ1n) is 5.00. The first-order chi connectivity index (χ1) is 8.16. The number of tetrazole rings is 1. The van der Waals surface area contributed by atoms with E-state index in [0.717, 1.165) is 21.6 Å². The molecule has 3 rings (SSSR count). The van der Waals surface area contributed by atoms with Crippen LogP contribution in [-0.2, 0) is 13.5 Å². The lowest BCUT2D eigenvalue weighted by Gasteiger charge is -2.16. The van der Waals surface area contributed by atoms with E-state index in [-0.39, 0.29) is 0 Å². The van der Waals surface area contributed by atoms with Crippen LogP contribution in [0.1, 0.15) is 5.56 Å². The molecule has 2 aromatic rings. The van der Waals surface area contributed by atoms with Gasteiger partial charge in [-0.1, -0.05) is 39.3 Å². The first-order valence-corrected chi connectivity index (χ1v) is 6.20. The van der Waals surface area contributed by atoms with Crippen molar-refractivity contribution in [2.24, 2.45) is 7.05 Å². The van der Waals surface area contributed by atoms with Crippen LogP contribution < -0.4 is 4.90 Å². The van der Waals surface area contributed by atoms with E-state index >= 15 is 0 Å². The standard InChI is InChI=1S/C10H8BrN5S/c1-15-10(12-13-14-15)16-8-5-7(11)3-2-6(8)4-9(16)17/h2-3,5H,4H2,1H3. The highest BCUT2D eigenvalue weighted by Crippen LogP contribution is 2.36. The second kappa shape index (κ2) is 3.85. The van der Waals surface area contributed by atoms with Crippen molar-refractivity contribution in [2.45, 2.75) is 6.42 Å². The van der Waals surface area contributed by atoms with E-state index < -0.39 is 0 Å². The molecule has 0 unspecified atom stereocenters. The summed E-state index contributed by atoms with van der Waals surface area (Å²) >= 11 is 8.86. The first kappa shape index (κ1) is 10.8. The number of anilines is 2. The van der Waals surface area contributed by atoms with Crippen LogP contribution in [0.5, 0.6) is 0 Å². The smallest absolute Gasteiger partial charge is 0.254 e. The predicted octanol–water partition coefficient (Wildman–Crippen LogP) is 1.99. The Morgan fingerprint density at radius 1 is 1.41 bits per heavy atom. The molecule has 0 atom stereocenters. The largest absolute Gasteiger partial charge is 0.271 e. The lowest BCUT2D eigenvalue weighted by atomic mass is 10.2. The van der Waals surface area contributed by atoms with Crippen molar-refractivity contribution in [3.8, 4) is 0 Å². The van der Waals surface area contributed by atoms with Crippen LogP contribution in [0.2, 0.25) is 0 Å². The number of hydrogen-bond acceptors (Lipinski definition) is 4. The third-order valence-electron chi connectivity index (χ3n) is 2.68. The van der Waals surface area contributed by atoms with Crippen LogP contribution in [0.15, 0.2) is 22.7 Å². The highest BCUT2D eigenvalue weighted by atomic mass is 79.9. The van der Waals surface area contributed by atoms with Crippen LogP contribution in [0, 0.1) is 0 Å². The Hall–Kier alpha value is -1.34. The summed E-state index contributed by atoms with van der Waals surface area (Å²) in [7, 11) is 1.80. The van der Waals surface area contributed by atoms with Crippen molar-refractivity contribution in [2.75, 3.05) is 4.90 Å². The van der Waals surface area contributed by atoms with Crippen LogP contribution in [0.25, 0.3) is 0 Å². The topological polar surface area (TPSA) is 46.8 Å². The predicted molar refractivity (Wildman–Crippen MR) is 71.4 cm³/mol. The molecule has 1 aliphatic heterocycles. The van der Waals surface area contributed by atoms with Gasteiger partial charge in [0.25, 0.3) is 5.95 Å². The number of aryl methyl sites for hydroxylation is 1. The molecule has 5 nitrogen and oxygen atoms in total. The molecule has 0 radical (unpaired) electrons. The van der Waals surface area contributed by atoms with Crippen LogP contribution >= 0.6 is 28.1 Å². The van der Waals surface area contributed by atoms with E-state index in [1.54, 1.807) is 11.7 Å². The maximum absolute atomic E-state index is 5.40. The molecule has 17 heavy (non-hydrogen) atoms. The Morgan fingerprint density at radius 2 is 2.24 bits per heavy atom. The van der Waals surface area contributed by atoms with E-state index in [1.165, 1.54) is 5.56 Å². The van der Waals surface area contributed by atoms with Gasteiger partial charge in [-0.15, -0.1) is 0 Å². The molecule has 0 fully saturated rings. The minimum atomic E-state index is 0.645. The number of halogens is 1. The molecular formula is C10H8BrN5S. The molecule has 0 amide bonds. The fraction of sp³-hybridized carbons (Fsp3) is 0.200. The molecule has 2 heterocycles. The van der Waals surface area contributed by atoms with Gasteiger partial charge in [-0.25, -0.2) is 4.68 Å². The van der Waals surface area contributed by atoms with Crippen molar-refractivity contribution in [3.63, 3.8) is 0 Å². The second-order valence-electron chi connectivity index (χ2n) is 3.78. The number of nitrogens with zero attached hydrogens (tertiary/aromatic N) is 5. The summed E-state index contributed by atoms with van der Waals surface area (Å²) in [6.45, 7) is 0. The molecule has 1 aromatic heterocycles. The van der Waals surface area contributed by atoms with Crippen LogP contribution in [0.3, 0.4) is 0 Å². The SMILES string of the molecule is Cn1nnnc1N1C(=S)Cc2ccc(Br)cc21. The lowest BCUT2D eigenvalue weighted by Crippen LogP contribution is -2.22. The molecule has 86 valence electrons. The Kier molecular flexibility index (Phi) is 2.44. The van der Waals surface area contributed by atoms with Gasteiger partial charge in [0, 0.05) is 17.9 Å². The monoisotopic (exact) mass is 309 g/mol. The van der Waals surface area contributed by atoms with Gasteiger partial charge in [-0.2, -0.15) is 0 Å². The zero-order chi connectivity index (χ0) is 12.0. The number of hydrogen-bond donors (Lipinski definition) is 0. The Morgan fingerprint density at radius 3 is 2.94 bits per heavy atom. The fourth-order valence-electron chi connectivity index (χ4n) is 1.90. The summed E-state index contributed by atoms with van der Waals surface area (Å²) in [5, 5.41) is 11.5. The molecule has 0 saturated heterocycles. The highest BCUT2D eigenvalue weighted by molar-refractivity contribution is 9.10. The maximum Gasteiger partial charge on any atom is 0.254 e. The Balaban J connectivity index is 2.17.